The Morgan fingerprint density at radius 1 is 1.47 bits per heavy atom. The van der Waals surface area contributed by atoms with Crippen molar-refractivity contribution in [2.75, 3.05) is 12.0 Å². The first-order chi connectivity index (χ1) is 8.13. The number of rotatable bonds is 4. The first kappa shape index (κ1) is 12.3. The Morgan fingerprint density at radius 3 is 2.94 bits per heavy atom. The van der Waals surface area contributed by atoms with Crippen LogP contribution in [0.2, 0.25) is 0 Å². The molecule has 0 saturated carbocycles. The number of fused-ring (bicyclic) bond motifs is 1. The Morgan fingerprint density at radius 2 is 2.24 bits per heavy atom. The summed E-state index contributed by atoms with van der Waals surface area (Å²) in [5.41, 5.74) is 9.36. The third kappa shape index (κ3) is 2.41. The van der Waals surface area contributed by atoms with E-state index >= 15 is 0 Å². The van der Waals surface area contributed by atoms with Gasteiger partial charge in [0.15, 0.2) is 0 Å². The van der Waals surface area contributed by atoms with Crippen molar-refractivity contribution in [1.82, 2.24) is 9.55 Å². The van der Waals surface area contributed by atoms with Gasteiger partial charge in [0.05, 0.1) is 11.0 Å². The molecule has 2 rings (SSSR count). The molecule has 92 valence electrons. The van der Waals surface area contributed by atoms with E-state index in [9.17, 15) is 0 Å². The maximum atomic E-state index is 5.99. The molecule has 1 heterocycles. The molecule has 1 atom stereocenters. The molecule has 0 aliphatic rings. The van der Waals surface area contributed by atoms with Gasteiger partial charge in [0.2, 0.25) is 5.95 Å². The fraction of sp³-hybridized carbons (Fsp3) is 0.462. The van der Waals surface area contributed by atoms with Gasteiger partial charge >= 0.3 is 0 Å². The highest BCUT2D eigenvalue weighted by Gasteiger charge is 2.10. The van der Waals surface area contributed by atoms with Crippen molar-refractivity contribution in [2.24, 2.45) is 0 Å². The highest BCUT2D eigenvalue weighted by molar-refractivity contribution is 7.99. The van der Waals surface area contributed by atoms with Crippen LogP contribution in [0.4, 0.5) is 5.95 Å². The standard InChI is InChI=1S/C13H19N3S/c1-9-5-4-6-11-12(9)15-13(14)16(11)8-7-10(2)17-3/h4-6,10H,7-8H2,1-3H3,(H2,14,15). The second-order valence-corrected chi connectivity index (χ2v) is 5.68. The highest BCUT2D eigenvalue weighted by Crippen LogP contribution is 2.22. The summed E-state index contributed by atoms with van der Waals surface area (Å²) in [6, 6.07) is 6.23. The number of hydrogen-bond donors (Lipinski definition) is 1. The number of nitrogen functional groups attached to an aromatic ring is 1. The zero-order valence-electron chi connectivity index (χ0n) is 10.6. The van der Waals surface area contributed by atoms with Crippen LogP contribution in [0.1, 0.15) is 18.9 Å². The molecule has 0 aliphatic heterocycles. The van der Waals surface area contributed by atoms with Gasteiger partial charge in [0.25, 0.3) is 0 Å². The third-order valence-corrected chi connectivity index (χ3v) is 4.21. The summed E-state index contributed by atoms with van der Waals surface area (Å²) >= 11 is 1.89. The molecule has 0 spiro atoms. The Kier molecular flexibility index (Phi) is 3.62. The number of nitrogens with two attached hydrogens (primary N) is 1. The van der Waals surface area contributed by atoms with Crippen LogP contribution in [0, 0.1) is 6.92 Å². The van der Waals surface area contributed by atoms with Gasteiger partial charge in [-0.05, 0) is 31.2 Å². The van der Waals surface area contributed by atoms with Gasteiger partial charge in [-0.3, -0.25) is 0 Å². The molecule has 1 unspecified atom stereocenters. The summed E-state index contributed by atoms with van der Waals surface area (Å²) in [4.78, 5) is 4.45. The maximum Gasteiger partial charge on any atom is 0.201 e. The van der Waals surface area contributed by atoms with E-state index in [1.165, 1.54) is 5.56 Å². The SMILES string of the molecule is CSC(C)CCn1c(N)nc2c(C)cccc21. The van der Waals surface area contributed by atoms with Gasteiger partial charge < -0.3 is 10.3 Å². The Labute approximate surface area is 106 Å². The summed E-state index contributed by atoms with van der Waals surface area (Å²) in [5, 5.41) is 0.650. The molecule has 1 aromatic carbocycles. The zero-order chi connectivity index (χ0) is 12.4. The van der Waals surface area contributed by atoms with E-state index in [0.29, 0.717) is 11.2 Å². The van der Waals surface area contributed by atoms with Crippen molar-refractivity contribution in [1.29, 1.82) is 0 Å². The molecule has 3 nitrogen and oxygen atoms in total. The van der Waals surface area contributed by atoms with Crippen molar-refractivity contribution < 1.29 is 0 Å². The maximum absolute atomic E-state index is 5.99. The predicted octanol–water partition coefficient (Wildman–Crippen LogP) is 3.07. The molecule has 0 radical (unpaired) electrons. The van der Waals surface area contributed by atoms with Crippen LogP contribution in [0.5, 0.6) is 0 Å². The molecule has 0 fully saturated rings. The summed E-state index contributed by atoms with van der Waals surface area (Å²) in [5.74, 6) is 0.627. The molecule has 2 aromatic rings. The smallest absolute Gasteiger partial charge is 0.201 e. The molecule has 0 saturated heterocycles. The summed E-state index contributed by atoms with van der Waals surface area (Å²) in [7, 11) is 0. The molecule has 17 heavy (non-hydrogen) atoms. The number of thioether (sulfide) groups is 1. The molecule has 0 bridgehead atoms. The van der Waals surface area contributed by atoms with E-state index < -0.39 is 0 Å². The van der Waals surface area contributed by atoms with E-state index in [1.807, 2.05) is 11.8 Å². The second-order valence-electron chi connectivity index (χ2n) is 4.40. The Bertz CT molecular complexity index is 519. The number of aromatic nitrogens is 2. The van der Waals surface area contributed by atoms with Gasteiger partial charge in [-0.1, -0.05) is 19.1 Å². The van der Waals surface area contributed by atoms with Crippen LogP contribution < -0.4 is 5.73 Å². The molecule has 1 aromatic heterocycles. The average molecular weight is 249 g/mol. The molecule has 0 aliphatic carbocycles. The minimum atomic E-state index is 0.627. The zero-order valence-corrected chi connectivity index (χ0v) is 11.4. The van der Waals surface area contributed by atoms with Crippen LogP contribution in [-0.2, 0) is 6.54 Å². The number of aryl methyl sites for hydroxylation is 2. The van der Waals surface area contributed by atoms with Crippen LogP contribution in [0.15, 0.2) is 18.2 Å². The average Bonchev–Trinajstić information content (AvgIpc) is 2.64. The fourth-order valence-corrected chi connectivity index (χ4v) is 2.31. The number of anilines is 1. The highest BCUT2D eigenvalue weighted by atomic mass is 32.2. The minimum absolute atomic E-state index is 0.627. The molecular formula is C13H19N3S. The van der Waals surface area contributed by atoms with Crippen molar-refractivity contribution in [3.63, 3.8) is 0 Å². The molecular weight excluding hydrogens is 230 g/mol. The lowest BCUT2D eigenvalue weighted by Crippen LogP contribution is -2.07. The molecule has 4 heteroatoms. The van der Waals surface area contributed by atoms with Gasteiger partial charge in [-0.15, -0.1) is 0 Å². The number of imidazole rings is 1. The predicted molar refractivity (Wildman–Crippen MR) is 76.5 cm³/mol. The normalized spacial score (nSPS) is 13.1. The summed E-state index contributed by atoms with van der Waals surface area (Å²) < 4.78 is 2.12. The van der Waals surface area contributed by atoms with E-state index in [0.717, 1.165) is 24.0 Å². The van der Waals surface area contributed by atoms with E-state index in [1.54, 1.807) is 0 Å². The van der Waals surface area contributed by atoms with Crippen molar-refractivity contribution in [3.8, 4) is 0 Å². The number of para-hydroxylation sites is 1. The van der Waals surface area contributed by atoms with E-state index in [4.69, 9.17) is 5.73 Å². The van der Waals surface area contributed by atoms with Crippen molar-refractivity contribution in [2.45, 2.75) is 32.1 Å². The van der Waals surface area contributed by atoms with Gasteiger partial charge in [0, 0.05) is 11.8 Å². The quantitative estimate of drug-likeness (QED) is 0.905. The van der Waals surface area contributed by atoms with Crippen LogP contribution in [0.3, 0.4) is 0 Å². The summed E-state index contributed by atoms with van der Waals surface area (Å²) in [6.45, 7) is 5.25. The lowest BCUT2D eigenvalue weighted by atomic mass is 10.2. The lowest BCUT2D eigenvalue weighted by Gasteiger charge is -2.10. The lowest BCUT2D eigenvalue weighted by molar-refractivity contribution is 0.662. The summed E-state index contributed by atoms with van der Waals surface area (Å²) in [6.07, 6.45) is 3.26. The number of benzene rings is 1. The van der Waals surface area contributed by atoms with Crippen molar-refractivity contribution in [3.05, 3.63) is 23.8 Å². The Hall–Kier alpha value is -1.16. The van der Waals surface area contributed by atoms with Crippen LogP contribution in [-0.4, -0.2) is 21.1 Å². The van der Waals surface area contributed by atoms with Crippen molar-refractivity contribution >= 4 is 28.7 Å². The van der Waals surface area contributed by atoms with Gasteiger partial charge in [-0.25, -0.2) is 4.98 Å². The van der Waals surface area contributed by atoms with Crippen LogP contribution >= 0.6 is 11.8 Å². The Balaban J connectivity index is 2.33. The minimum Gasteiger partial charge on any atom is -0.369 e. The largest absolute Gasteiger partial charge is 0.369 e. The van der Waals surface area contributed by atoms with Gasteiger partial charge in [0.1, 0.15) is 0 Å². The first-order valence-electron chi connectivity index (χ1n) is 5.87. The fourth-order valence-electron chi connectivity index (χ4n) is 1.97. The first-order valence-corrected chi connectivity index (χ1v) is 7.16. The molecule has 2 N–H and O–H groups in total. The molecule has 0 amide bonds. The van der Waals surface area contributed by atoms with E-state index in [-0.39, 0.29) is 0 Å². The topological polar surface area (TPSA) is 43.8 Å². The van der Waals surface area contributed by atoms with E-state index in [2.05, 4.69) is 47.9 Å². The number of nitrogens with zero attached hydrogens (tertiary/aromatic N) is 2. The monoisotopic (exact) mass is 249 g/mol. The van der Waals surface area contributed by atoms with Gasteiger partial charge in [-0.2, -0.15) is 11.8 Å². The third-order valence-electron chi connectivity index (χ3n) is 3.17. The number of hydrogen-bond acceptors (Lipinski definition) is 3. The van der Waals surface area contributed by atoms with Crippen LogP contribution in [0.25, 0.3) is 11.0 Å². The second kappa shape index (κ2) is 5.00.